The molecule has 1 aliphatic heterocycles. The second-order valence-corrected chi connectivity index (χ2v) is 9.41. The highest BCUT2D eigenvalue weighted by molar-refractivity contribution is 6.32. The fourth-order valence-electron chi connectivity index (χ4n) is 4.30. The van der Waals surface area contributed by atoms with E-state index in [1.54, 1.807) is 36.6 Å². The van der Waals surface area contributed by atoms with Crippen molar-refractivity contribution in [1.82, 2.24) is 35.5 Å². The van der Waals surface area contributed by atoms with Crippen molar-refractivity contribution in [1.29, 1.82) is 0 Å². The summed E-state index contributed by atoms with van der Waals surface area (Å²) >= 11 is 6.39. The lowest BCUT2D eigenvalue weighted by molar-refractivity contribution is 0.193. The van der Waals surface area contributed by atoms with Crippen molar-refractivity contribution in [2.24, 2.45) is 0 Å². The van der Waals surface area contributed by atoms with Crippen LogP contribution in [-0.2, 0) is 6.54 Å². The second-order valence-electron chi connectivity index (χ2n) is 9.00. The number of anilines is 3. The van der Waals surface area contributed by atoms with Gasteiger partial charge in [-0.2, -0.15) is 0 Å². The molecule has 0 aliphatic carbocycles. The molecule has 11 nitrogen and oxygen atoms in total. The maximum atomic E-state index is 6.39. The van der Waals surface area contributed by atoms with Gasteiger partial charge in [0.15, 0.2) is 0 Å². The fraction of sp³-hybridized carbons (Fsp3) is 0.346. The molecule has 12 heteroatoms. The number of methoxy groups -OCH3 is 1. The van der Waals surface area contributed by atoms with E-state index in [2.05, 4.69) is 53.2 Å². The number of hydrogen-bond donors (Lipinski definition) is 2. The lowest BCUT2D eigenvalue weighted by atomic mass is 10.1. The monoisotopic (exact) mass is 535 g/mol. The summed E-state index contributed by atoms with van der Waals surface area (Å²) in [6.07, 6.45) is 5.99. The molecule has 2 aromatic heterocycles. The lowest BCUT2D eigenvalue weighted by Crippen LogP contribution is -2.27. The van der Waals surface area contributed by atoms with Gasteiger partial charge in [-0.15, -0.1) is 5.10 Å². The maximum Gasteiger partial charge on any atom is 0.227 e. The van der Waals surface area contributed by atoms with Gasteiger partial charge in [0.25, 0.3) is 0 Å². The molecule has 198 valence electrons. The van der Waals surface area contributed by atoms with Gasteiger partial charge in [-0.05, 0) is 60.1 Å². The minimum absolute atomic E-state index is 0.188. The molecule has 0 spiro atoms. The standard InChI is InChI=1S/C26H30ClN9O2/c1-18(16-36-17-31-33-34-36)38-24-12-19(4-6-22(24)27)20-14-29-26(30-15-20)32-23-7-5-21(13-25(23)37-2)35-10-3-8-28-9-11-35/h4-7,12-15,17-18,28H,3,8-11,16H2,1-2H3,(H,29,30,32)/t18-/m0/s1. The first kappa shape index (κ1) is 25.7. The Kier molecular flexibility index (Phi) is 8.15. The van der Waals surface area contributed by atoms with Crippen LogP contribution in [-0.4, -0.2) is 69.6 Å². The van der Waals surface area contributed by atoms with E-state index in [-0.39, 0.29) is 6.10 Å². The minimum atomic E-state index is -0.188. The molecular formula is C26H30ClN9O2. The molecule has 0 saturated carbocycles. The lowest BCUT2D eigenvalue weighted by Gasteiger charge is -2.23. The van der Waals surface area contributed by atoms with E-state index in [1.807, 2.05) is 25.1 Å². The molecule has 38 heavy (non-hydrogen) atoms. The number of aromatic nitrogens is 6. The van der Waals surface area contributed by atoms with Crippen LogP contribution in [0.5, 0.6) is 11.5 Å². The zero-order valence-corrected chi connectivity index (χ0v) is 22.1. The number of hydrogen-bond acceptors (Lipinski definition) is 10. The van der Waals surface area contributed by atoms with Crippen LogP contribution < -0.4 is 25.0 Å². The zero-order valence-electron chi connectivity index (χ0n) is 21.3. The Morgan fingerprint density at radius 1 is 1.05 bits per heavy atom. The van der Waals surface area contributed by atoms with Crippen molar-refractivity contribution in [2.45, 2.75) is 26.0 Å². The van der Waals surface area contributed by atoms with Crippen molar-refractivity contribution in [3.8, 4) is 22.6 Å². The van der Waals surface area contributed by atoms with Crippen molar-refractivity contribution < 1.29 is 9.47 Å². The van der Waals surface area contributed by atoms with Crippen molar-refractivity contribution in [3.63, 3.8) is 0 Å². The van der Waals surface area contributed by atoms with Gasteiger partial charge in [-0.25, -0.2) is 14.6 Å². The normalized spacial score (nSPS) is 14.6. The van der Waals surface area contributed by atoms with Gasteiger partial charge in [0.1, 0.15) is 23.9 Å². The minimum Gasteiger partial charge on any atom is -0.494 e. The molecule has 1 fully saturated rings. The first-order valence-electron chi connectivity index (χ1n) is 12.5. The smallest absolute Gasteiger partial charge is 0.227 e. The van der Waals surface area contributed by atoms with Gasteiger partial charge in [0.2, 0.25) is 5.95 Å². The number of halogens is 1. The number of nitrogens with zero attached hydrogens (tertiary/aromatic N) is 7. The SMILES string of the molecule is COc1cc(N2CCCNCC2)ccc1Nc1ncc(-c2ccc(Cl)c(O[C@@H](C)Cn3cnnn3)c2)cn1. The second kappa shape index (κ2) is 12.1. The molecule has 0 amide bonds. The van der Waals surface area contributed by atoms with Crippen LogP contribution in [0, 0.1) is 0 Å². The third kappa shape index (κ3) is 6.29. The first-order valence-corrected chi connectivity index (χ1v) is 12.9. The number of benzene rings is 2. The average molecular weight is 536 g/mol. The molecule has 1 saturated heterocycles. The highest BCUT2D eigenvalue weighted by Gasteiger charge is 2.14. The van der Waals surface area contributed by atoms with Gasteiger partial charge in [0.05, 0.1) is 24.4 Å². The van der Waals surface area contributed by atoms with Gasteiger partial charge < -0.3 is 25.0 Å². The summed E-state index contributed by atoms with van der Waals surface area (Å²) in [5.41, 5.74) is 3.66. The van der Waals surface area contributed by atoms with Crippen molar-refractivity contribution >= 4 is 28.9 Å². The molecule has 3 heterocycles. The highest BCUT2D eigenvalue weighted by Crippen LogP contribution is 2.33. The number of rotatable bonds is 9. The van der Waals surface area contributed by atoms with Crippen LogP contribution in [0.3, 0.4) is 0 Å². The van der Waals surface area contributed by atoms with E-state index < -0.39 is 0 Å². The Hall–Kier alpha value is -3.96. The average Bonchev–Trinajstić information content (AvgIpc) is 3.29. The van der Waals surface area contributed by atoms with E-state index in [9.17, 15) is 0 Å². The topological polar surface area (TPSA) is 115 Å². The molecule has 1 aliphatic rings. The fourth-order valence-corrected chi connectivity index (χ4v) is 4.46. The van der Waals surface area contributed by atoms with E-state index in [0.29, 0.717) is 23.3 Å². The summed E-state index contributed by atoms with van der Waals surface area (Å²) in [6.45, 7) is 6.44. The van der Waals surface area contributed by atoms with Crippen LogP contribution in [0.1, 0.15) is 13.3 Å². The van der Waals surface area contributed by atoms with Crippen LogP contribution in [0.25, 0.3) is 11.1 Å². The molecule has 2 aromatic carbocycles. The molecule has 4 aromatic rings. The van der Waals surface area contributed by atoms with E-state index in [0.717, 1.165) is 60.9 Å². The quantitative estimate of drug-likeness (QED) is 0.328. The van der Waals surface area contributed by atoms with Crippen LogP contribution in [0.15, 0.2) is 55.1 Å². The predicted octanol–water partition coefficient (Wildman–Crippen LogP) is 3.80. The molecule has 0 radical (unpaired) electrons. The summed E-state index contributed by atoms with van der Waals surface area (Å²) in [5.74, 6) is 1.78. The third-order valence-corrected chi connectivity index (χ3v) is 6.53. The maximum absolute atomic E-state index is 6.39. The van der Waals surface area contributed by atoms with Crippen molar-refractivity contribution in [3.05, 3.63) is 60.1 Å². The van der Waals surface area contributed by atoms with Crippen LogP contribution in [0.4, 0.5) is 17.3 Å². The van der Waals surface area contributed by atoms with E-state index >= 15 is 0 Å². The van der Waals surface area contributed by atoms with Gasteiger partial charge in [-0.1, -0.05) is 17.7 Å². The molecule has 2 N–H and O–H groups in total. The summed E-state index contributed by atoms with van der Waals surface area (Å²) in [4.78, 5) is 11.4. The molecule has 0 bridgehead atoms. The molecule has 0 unspecified atom stereocenters. The Balaban J connectivity index is 1.27. The van der Waals surface area contributed by atoms with Gasteiger partial charge in [0, 0.05) is 49.3 Å². The zero-order chi connectivity index (χ0) is 26.3. The van der Waals surface area contributed by atoms with E-state index in [4.69, 9.17) is 21.1 Å². The van der Waals surface area contributed by atoms with E-state index in [1.165, 1.54) is 0 Å². The molecular weight excluding hydrogens is 506 g/mol. The summed E-state index contributed by atoms with van der Waals surface area (Å²) in [7, 11) is 1.67. The van der Waals surface area contributed by atoms with Crippen molar-refractivity contribution in [2.75, 3.05) is 43.5 Å². The highest BCUT2D eigenvalue weighted by atomic mass is 35.5. The Morgan fingerprint density at radius 3 is 2.71 bits per heavy atom. The Morgan fingerprint density at radius 2 is 1.92 bits per heavy atom. The number of ether oxygens (including phenoxy) is 2. The summed E-state index contributed by atoms with van der Waals surface area (Å²) < 4.78 is 13.3. The first-order chi connectivity index (χ1) is 18.6. The summed E-state index contributed by atoms with van der Waals surface area (Å²) in [5, 5.41) is 18.4. The number of tetrazole rings is 1. The number of nitrogens with one attached hydrogen (secondary N) is 2. The Labute approximate surface area is 226 Å². The third-order valence-electron chi connectivity index (χ3n) is 6.22. The molecule has 1 atom stereocenters. The summed E-state index contributed by atoms with van der Waals surface area (Å²) in [6, 6.07) is 11.7. The van der Waals surface area contributed by atoms with Crippen LogP contribution >= 0.6 is 11.6 Å². The largest absolute Gasteiger partial charge is 0.494 e. The Bertz CT molecular complexity index is 1330. The van der Waals surface area contributed by atoms with Gasteiger partial charge >= 0.3 is 0 Å². The predicted molar refractivity (Wildman–Crippen MR) is 146 cm³/mol. The molecule has 5 rings (SSSR count). The van der Waals surface area contributed by atoms with Gasteiger partial charge in [-0.3, -0.25) is 0 Å². The van der Waals surface area contributed by atoms with Crippen LogP contribution in [0.2, 0.25) is 5.02 Å².